The maximum Gasteiger partial charge on any atom is 0.328 e. The minimum absolute atomic E-state index is 0.0118. The highest BCUT2D eigenvalue weighted by Crippen LogP contribution is 2.36. The number of ether oxygens (including phenoxy) is 2. The summed E-state index contributed by atoms with van der Waals surface area (Å²) in [6.45, 7) is 0.581. The maximum atomic E-state index is 12.9. The summed E-state index contributed by atoms with van der Waals surface area (Å²) in [6.07, 6.45) is 1.81. The van der Waals surface area contributed by atoms with Crippen LogP contribution in [0.15, 0.2) is 24.3 Å². The molecule has 2 atom stereocenters. The predicted octanol–water partition coefficient (Wildman–Crippen LogP) is 2.64. The minimum Gasteiger partial charge on any atom is -0.469 e. The molecule has 0 radical (unpaired) electrons. The number of hydrogen-bond donors (Lipinski definition) is 1. The van der Waals surface area contributed by atoms with E-state index in [9.17, 15) is 14.4 Å². The zero-order valence-electron chi connectivity index (χ0n) is 15.8. The lowest BCUT2D eigenvalue weighted by atomic mass is 10.1. The van der Waals surface area contributed by atoms with Gasteiger partial charge in [-0.15, -0.1) is 11.3 Å². The minimum atomic E-state index is -0.909. The number of nitrogens with one attached hydrogen (secondary N) is 1. The highest BCUT2D eigenvalue weighted by molar-refractivity contribution is 7.18. The topological polar surface area (TPSA) is 97.8 Å². The number of fused-ring (bicyclic) bond motifs is 1. The second-order valence-electron chi connectivity index (χ2n) is 6.51. The Morgan fingerprint density at radius 1 is 1.29 bits per heavy atom. The smallest absolute Gasteiger partial charge is 0.328 e. The molecule has 0 bridgehead atoms. The number of thiazole rings is 1. The summed E-state index contributed by atoms with van der Waals surface area (Å²) in [5.41, 5.74) is 0.917. The number of aromatic nitrogens is 1. The van der Waals surface area contributed by atoms with Crippen LogP contribution in [0.1, 0.15) is 36.7 Å². The van der Waals surface area contributed by atoms with Gasteiger partial charge in [0.15, 0.2) is 0 Å². The molecule has 28 heavy (non-hydrogen) atoms. The molecule has 0 aliphatic carbocycles. The summed E-state index contributed by atoms with van der Waals surface area (Å²) in [4.78, 5) is 42.6. The summed E-state index contributed by atoms with van der Waals surface area (Å²) in [5.74, 6) is -1.04. The molecular formula is C19H23N3O5S. The zero-order valence-corrected chi connectivity index (χ0v) is 16.7. The van der Waals surface area contributed by atoms with E-state index in [0.29, 0.717) is 6.54 Å². The Hall–Kier alpha value is -2.68. The molecule has 1 aromatic carbocycles. The number of esters is 2. The molecule has 150 valence electrons. The third-order valence-electron chi connectivity index (χ3n) is 4.76. The third-order valence-corrected chi connectivity index (χ3v) is 5.90. The first kappa shape index (κ1) is 20.1. The van der Waals surface area contributed by atoms with Gasteiger partial charge < -0.3 is 19.7 Å². The molecule has 0 saturated carbocycles. The van der Waals surface area contributed by atoms with Crippen molar-refractivity contribution in [2.45, 2.75) is 37.8 Å². The van der Waals surface area contributed by atoms with Gasteiger partial charge in [0.2, 0.25) is 0 Å². The summed E-state index contributed by atoms with van der Waals surface area (Å²) >= 11 is 1.58. The average Bonchev–Trinajstić information content (AvgIpc) is 3.36. The van der Waals surface area contributed by atoms with Gasteiger partial charge in [-0.25, -0.2) is 14.6 Å². The van der Waals surface area contributed by atoms with Gasteiger partial charge in [0.05, 0.1) is 30.5 Å². The Bertz CT molecular complexity index is 835. The monoisotopic (exact) mass is 405 g/mol. The fourth-order valence-corrected chi connectivity index (χ4v) is 4.40. The Morgan fingerprint density at radius 3 is 2.79 bits per heavy atom. The molecule has 2 heterocycles. The molecule has 0 unspecified atom stereocenters. The Kier molecular flexibility index (Phi) is 6.45. The van der Waals surface area contributed by atoms with Gasteiger partial charge in [-0.2, -0.15) is 0 Å². The zero-order chi connectivity index (χ0) is 20.1. The van der Waals surface area contributed by atoms with Crippen LogP contribution in [0, 0.1) is 0 Å². The molecule has 2 aromatic rings. The molecule has 0 spiro atoms. The van der Waals surface area contributed by atoms with Gasteiger partial charge in [-0.1, -0.05) is 12.1 Å². The second-order valence-corrected chi connectivity index (χ2v) is 7.57. The SMILES string of the molecule is COC(=O)CC[C@H](NC(=O)N1CCC[C@H]1c1nc2ccccc2s1)C(=O)OC. The summed E-state index contributed by atoms with van der Waals surface area (Å²) in [6, 6.07) is 6.47. The van der Waals surface area contributed by atoms with E-state index in [1.807, 2.05) is 24.3 Å². The molecule has 1 aliphatic rings. The number of amides is 2. The Morgan fingerprint density at radius 2 is 2.07 bits per heavy atom. The lowest BCUT2D eigenvalue weighted by Crippen LogP contribution is -2.48. The van der Waals surface area contributed by atoms with E-state index in [1.165, 1.54) is 14.2 Å². The maximum absolute atomic E-state index is 12.9. The van der Waals surface area contributed by atoms with Crippen molar-refractivity contribution in [2.75, 3.05) is 20.8 Å². The summed E-state index contributed by atoms with van der Waals surface area (Å²) in [5, 5.41) is 3.59. The van der Waals surface area contributed by atoms with Crippen molar-refractivity contribution in [3.8, 4) is 0 Å². The van der Waals surface area contributed by atoms with Crippen LogP contribution in [0.5, 0.6) is 0 Å². The van der Waals surface area contributed by atoms with Gasteiger partial charge in [-0.3, -0.25) is 4.79 Å². The highest BCUT2D eigenvalue weighted by atomic mass is 32.1. The van der Waals surface area contributed by atoms with Crippen LogP contribution in [-0.2, 0) is 19.1 Å². The first-order valence-electron chi connectivity index (χ1n) is 9.10. The van der Waals surface area contributed by atoms with Gasteiger partial charge in [-0.05, 0) is 31.4 Å². The van der Waals surface area contributed by atoms with Crippen molar-refractivity contribution >= 4 is 39.5 Å². The summed E-state index contributed by atoms with van der Waals surface area (Å²) < 4.78 is 10.4. The van der Waals surface area contributed by atoms with Crippen LogP contribution < -0.4 is 5.32 Å². The van der Waals surface area contributed by atoms with Crippen LogP contribution in [-0.4, -0.2) is 54.7 Å². The third kappa shape index (κ3) is 4.41. The van der Waals surface area contributed by atoms with E-state index in [1.54, 1.807) is 16.2 Å². The number of nitrogens with zero attached hydrogens (tertiary/aromatic N) is 2. The number of benzene rings is 1. The fourth-order valence-electron chi connectivity index (χ4n) is 3.29. The molecule has 1 fully saturated rings. The molecule has 1 aromatic heterocycles. The number of para-hydroxylation sites is 1. The molecule has 1 aliphatic heterocycles. The number of likely N-dealkylation sites (tertiary alicyclic amines) is 1. The van der Waals surface area contributed by atoms with Crippen LogP contribution in [0.25, 0.3) is 10.2 Å². The Labute approximate surface area is 166 Å². The van der Waals surface area contributed by atoms with E-state index in [0.717, 1.165) is 28.1 Å². The number of hydrogen-bond acceptors (Lipinski definition) is 7. The molecule has 1 saturated heterocycles. The highest BCUT2D eigenvalue weighted by Gasteiger charge is 2.34. The van der Waals surface area contributed by atoms with Crippen molar-refractivity contribution < 1.29 is 23.9 Å². The first-order chi connectivity index (χ1) is 13.5. The normalized spacial score (nSPS) is 17.4. The first-order valence-corrected chi connectivity index (χ1v) is 9.92. The van der Waals surface area contributed by atoms with Crippen LogP contribution in [0.2, 0.25) is 0 Å². The van der Waals surface area contributed by atoms with E-state index in [-0.39, 0.29) is 24.9 Å². The van der Waals surface area contributed by atoms with Crippen LogP contribution in [0.4, 0.5) is 4.79 Å². The number of methoxy groups -OCH3 is 2. The lowest BCUT2D eigenvalue weighted by molar-refractivity contribution is -0.144. The number of carbonyl (C=O) groups excluding carboxylic acids is 3. The van der Waals surface area contributed by atoms with Crippen molar-refractivity contribution in [3.05, 3.63) is 29.3 Å². The Balaban J connectivity index is 1.71. The van der Waals surface area contributed by atoms with Gasteiger partial charge in [0, 0.05) is 13.0 Å². The van der Waals surface area contributed by atoms with Crippen molar-refractivity contribution in [1.82, 2.24) is 15.2 Å². The predicted molar refractivity (Wildman–Crippen MR) is 104 cm³/mol. The van der Waals surface area contributed by atoms with Crippen molar-refractivity contribution in [3.63, 3.8) is 0 Å². The standard InChI is InChI=1S/C19H23N3O5S/c1-26-16(23)10-9-13(18(24)27-2)21-19(25)22-11-5-7-14(22)17-20-12-6-3-4-8-15(12)28-17/h3-4,6,8,13-14H,5,7,9-11H2,1-2H3,(H,21,25)/t13-,14-/m0/s1. The molecule has 1 N–H and O–H groups in total. The largest absolute Gasteiger partial charge is 0.469 e. The van der Waals surface area contributed by atoms with E-state index >= 15 is 0 Å². The van der Waals surface area contributed by atoms with E-state index in [4.69, 9.17) is 4.74 Å². The number of carbonyl (C=O) groups is 3. The van der Waals surface area contributed by atoms with Crippen molar-refractivity contribution in [2.24, 2.45) is 0 Å². The molecule has 8 nitrogen and oxygen atoms in total. The second kappa shape index (κ2) is 9.01. The van der Waals surface area contributed by atoms with Gasteiger partial charge in [0.25, 0.3) is 0 Å². The summed E-state index contributed by atoms with van der Waals surface area (Å²) in [7, 11) is 2.53. The molecule has 2 amide bonds. The molecular weight excluding hydrogens is 382 g/mol. The number of urea groups is 1. The lowest BCUT2D eigenvalue weighted by Gasteiger charge is -2.26. The van der Waals surface area contributed by atoms with Gasteiger partial charge >= 0.3 is 18.0 Å². The fraction of sp³-hybridized carbons (Fsp3) is 0.474. The van der Waals surface area contributed by atoms with Gasteiger partial charge in [0.1, 0.15) is 11.0 Å². The number of rotatable bonds is 6. The van der Waals surface area contributed by atoms with E-state index in [2.05, 4.69) is 15.0 Å². The van der Waals surface area contributed by atoms with Crippen LogP contribution >= 0.6 is 11.3 Å². The van der Waals surface area contributed by atoms with Crippen LogP contribution in [0.3, 0.4) is 0 Å². The quantitative estimate of drug-likeness (QED) is 0.742. The van der Waals surface area contributed by atoms with Crippen molar-refractivity contribution in [1.29, 1.82) is 0 Å². The molecule has 9 heteroatoms. The van der Waals surface area contributed by atoms with E-state index < -0.39 is 18.0 Å². The molecule has 3 rings (SSSR count). The average molecular weight is 405 g/mol.